The van der Waals surface area contributed by atoms with Crippen LogP contribution in [0.15, 0.2) is 0 Å². The van der Waals surface area contributed by atoms with Crippen LogP contribution in [0.5, 0.6) is 0 Å². The number of carbonyl (C=O) groups is 1. The number of carbonyl (C=O) groups excluding carboxylic acids is 1. The summed E-state index contributed by atoms with van der Waals surface area (Å²) < 4.78 is 0. The average molecular weight is 243 g/mol. The van der Waals surface area contributed by atoms with Crippen molar-refractivity contribution in [2.24, 2.45) is 5.73 Å². The van der Waals surface area contributed by atoms with E-state index in [0.717, 1.165) is 12.8 Å². The molecule has 0 aromatic heterocycles. The first kappa shape index (κ1) is 13.2. The summed E-state index contributed by atoms with van der Waals surface area (Å²) in [5.74, 6) is 0. The van der Waals surface area contributed by atoms with Crippen LogP contribution >= 0.6 is 12.2 Å². The van der Waals surface area contributed by atoms with Crippen LogP contribution in [0.25, 0.3) is 0 Å². The number of nitrogens with one attached hydrogen (secondary N) is 1. The second-order valence-electron chi connectivity index (χ2n) is 4.47. The van der Waals surface area contributed by atoms with Gasteiger partial charge in [-0.05, 0) is 19.8 Å². The van der Waals surface area contributed by atoms with Gasteiger partial charge in [-0.15, -0.1) is 0 Å². The summed E-state index contributed by atoms with van der Waals surface area (Å²) in [5, 5.41) is 3.03. The topological polar surface area (TPSA) is 58.4 Å². The van der Waals surface area contributed by atoms with E-state index in [2.05, 4.69) is 5.32 Å². The molecule has 92 valence electrons. The Morgan fingerprint density at radius 1 is 1.44 bits per heavy atom. The predicted octanol–water partition coefficient (Wildman–Crippen LogP) is 1.64. The van der Waals surface area contributed by atoms with Crippen LogP contribution in [-0.4, -0.2) is 35.1 Å². The number of thiocarbonyl (C=S) groups is 1. The van der Waals surface area contributed by atoms with Crippen LogP contribution < -0.4 is 11.1 Å². The van der Waals surface area contributed by atoms with Crippen molar-refractivity contribution >= 4 is 23.2 Å². The maximum Gasteiger partial charge on any atom is 0.317 e. The molecule has 1 aliphatic rings. The molecule has 1 aliphatic carbocycles. The molecule has 0 radical (unpaired) electrons. The Morgan fingerprint density at radius 2 is 2.00 bits per heavy atom. The van der Waals surface area contributed by atoms with Crippen LogP contribution in [0.1, 0.15) is 39.0 Å². The van der Waals surface area contributed by atoms with Gasteiger partial charge < -0.3 is 16.0 Å². The number of nitrogens with zero attached hydrogens (tertiary/aromatic N) is 1. The lowest BCUT2D eigenvalue weighted by Crippen LogP contribution is -2.50. The number of hydrogen-bond acceptors (Lipinski definition) is 2. The molecule has 0 spiro atoms. The molecule has 1 saturated carbocycles. The number of amides is 2. The first-order chi connectivity index (χ1) is 7.52. The Labute approximate surface area is 103 Å². The van der Waals surface area contributed by atoms with Gasteiger partial charge in [0.15, 0.2) is 0 Å². The molecule has 16 heavy (non-hydrogen) atoms. The Balaban J connectivity index is 2.41. The van der Waals surface area contributed by atoms with E-state index in [-0.39, 0.29) is 12.1 Å². The van der Waals surface area contributed by atoms with Crippen molar-refractivity contribution in [3.63, 3.8) is 0 Å². The summed E-state index contributed by atoms with van der Waals surface area (Å²) in [6.07, 6.45) is 5.87. The largest absolute Gasteiger partial charge is 0.392 e. The summed E-state index contributed by atoms with van der Waals surface area (Å²) in [6.45, 7) is 1.84. The molecule has 1 atom stereocenters. The summed E-state index contributed by atoms with van der Waals surface area (Å²) in [6, 6.07) is 0.0491. The van der Waals surface area contributed by atoms with Gasteiger partial charge in [-0.25, -0.2) is 4.79 Å². The van der Waals surface area contributed by atoms with Crippen LogP contribution in [0.3, 0.4) is 0 Å². The zero-order valence-electron chi connectivity index (χ0n) is 10.0. The van der Waals surface area contributed by atoms with Crippen LogP contribution in [0.2, 0.25) is 0 Å². The molecule has 0 heterocycles. The molecule has 1 fully saturated rings. The van der Waals surface area contributed by atoms with E-state index in [0.29, 0.717) is 11.0 Å². The van der Waals surface area contributed by atoms with E-state index in [9.17, 15) is 4.79 Å². The van der Waals surface area contributed by atoms with Gasteiger partial charge in [0, 0.05) is 13.1 Å². The Kier molecular flexibility index (Phi) is 4.99. The summed E-state index contributed by atoms with van der Waals surface area (Å²) >= 11 is 4.87. The first-order valence-electron chi connectivity index (χ1n) is 5.85. The maximum atomic E-state index is 11.9. The lowest BCUT2D eigenvalue weighted by Gasteiger charge is -2.29. The van der Waals surface area contributed by atoms with Gasteiger partial charge in [-0.1, -0.05) is 31.5 Å². The minimum Gasteiger partial charge on any atom is -0.392 e. The minimum absolute atomic E-state index is 0.0767. The second kappa shape index (κ2) is 6.03. The summed E-state index contributed by atoms with van der Waals surface area (Å²) in [4.78, 5) is 13.8. The summed E-state index contributed by atoms with van der Waals surface area (Å²) in [7, 11) is 1.72. The fourth-order valence-electron chi connectivity index (χ4n) is 1.89. The van der Waals surface area contributed by atoms with Crippen molar-refractivity contribution in [2.75, 3.05) is 7.05 Å². The second-order valence-corrected chi connectivity index (χ2v) is 4.95. The molecule has 5 heteroatoms. The highest BCUT2D eigenvalue weighted by atomic mass is 32.1. The number of urea groups is 1. The van der Waals surface area contributed by atoms with Gasteiger partial charge in [-0.3, -0.25) is 0 Å². The third-order valence-electron chi connectivity index (χ3n) is 3.25. The average Bonchev–Trinajstić information content (AvgIpc) is 2.28. The summed E-state index contributed by atoms with van der Waals surface area (Å²) in [5.41, 5.74) is 5.52. The monoisotopic (exact) mass is 243 g/mol. The highest BCUT2D eigenvalue weighted by Gasteiger charge is 2.21. The van der Waals surface area contributed by atoms with Crippen molar-refractivity contribution in [3.8, 4) is 0 Å². The van der Waals surface area contributed by atoms with Crippen molar-refractivity contribution in [1.29, 1.82) is 0 Å². The third kappa shape index (κ3) is 3.63. The van der Waals surface area contributed by atoms with E-state index in [4.69, 9.17) is 18.0 Å². The van der Waals surface area contributed by atoms with E-state index >= 15 is 0 Å². The van der Waals surface area contributed by atoms with E-state index in [1.807, 2.05) is 6.92 Å². The Hall–Kier alpha value is -0.840. The molecule has 1 unspecified atom stereocenters. The van der Waals surface area contributed by atoms with Gasteiger partial charge >= 0.3 is 6.03 Å². The van der Waals surface area contributed by atoms with Crippen LogP contribution in [-0.2, 0) is 0 Å². The normalized spacial score (nSPS) is 18.9. The van der Waals surface area contributed by atoms with Crippen molar-refractivity contribution in [3.05, 3.63) is 0 Å². The van der Waals surface area contributed by atoms with Gasteiger partial charge in [0.05, 0.1) is 11.0 Å². The molecule has 0 aliphatic heterocycles. The fraction of sp³-hybridized carbons (Fsp3) is 0.818. The number of likely N-dealkylation sites (N-methyl/N-ethyl adjacent to an activating group) is 1. The Morgan fingerprint density at radius 3 is 2.50 bits per heavy atom. The third-order valence-corrected chi connectivity index (χ3v) is 3.59. The molecular weight excluding hydrogens is 222 g/mol. The van der Waals surface area contributed by atoms with E-state index < -0.39 is 0 Å². The standard InChI is InChI=1S/C11H21N3OS/c1-8(10(12)16)14(2)11(15)13-9-6-4-3-5-7-9/h8-9H,3-7H2,1-2H3,(H2,12,16)(H,13,15). The molecule has 0 bridgehead atoms. The molecule has 4 nitrogen and oxygen atoms in total. The lowest BCUT2D eigenvalue weighted by atomic mass is 9.96. The number of hydrogen-bond donors (Lipinski definition) is 2. The molecule has 1 rings (SSSR count). The van der Waals surface area contributed by atoms with Gasteiger partial charge in [0.25, 0.3) is 0 Å². The smallest absolute Gasteiger partial charge is 0.317 e. The zero-order valence-corrected chi connectivity index (χ0v) is 10.8. The van der Waals surface area contributed by atoms with Crippen LogP contribution in [0, 0.1) is 0 Å². The maximum absolute atomic E-state index is 11.9. The highest BCUT2D eigenvalue weighted by molar-refractivity contribution is 7.80. The molecule has 0 aromatic rings. The van der Waals surface area contributed by atoms with Crippen molar-refractivity contribution in [1.82, 2.24) is 10.2 Å². The fourth-order valence-corrected chi connectivity index (χ4v) is 2.05. The molecular formula is C11H21N3OS. The molecule has 3 N–H and O–H groups in total. The lowest BCUT2D eigenvalue weighted by molar-refractivity contribution is 0.196. The van der Waals surface area contributed by atoms with Crippen LogP contribution in [0.4, 0.5) is 4.79 Å². The minimum atomic E-state index is -0.196. The van der Waals surface area contributed by atoms with E-state index in [1.54, 1.807) is 11.9 Å². The quantitative estimate of drug-likeness (QED) is 0.741. The zero-order chi connectivity index (χ0) is 12.1. The molecule has 0 aromatic carbocycles. The number of rotatable bonds is 3. The molecule has 0 saturated heterocycles. The SMILES string of the molecule is CC(C(N)=S)N(C)C(=O)NC1CCCCC1. The molecule has 2 amide bonds. The van der Waals surface area contributed by atoms with E-state index in [1.165, 1.54) is 19.3 Å². The number of nitrogens with two attached hydrogens (primary N) is 1. The Bertz CT molecular complexity index is 264. The first-order valence-corrected chi connectivity index (χ1v) is 6.26. The van der Waals surface area contributed by atoms with Gasteiger partial charge in [0.2, 0.25) is 0 Å². The van der Waals surface area contributed by atoms with Gasteiger partial charge in [-0.2, -0.15) is 0 Å². The van der Waals surface area contributed by atoms with Crippen molar-refractivity contribution < 1.29 is 4.79 Å². The van der Waals surface area contributed by atoms with Crippen molar-refractivity contribution in [2.45, 2.75) is 51.1 Å². The highest BCUT2D eigenvalue weighted by Crippen LogP contribution is 2.17. The van der Waals surface area contributed by atoms with Gasteiger partial charge in [0.1, 0.15) is 0 Å². The predicted molar refractivity (Wildman–Crippen MR) is 69.4 cm³/mol.